The summed E-state index contributed by atoms with van der Waals surface area (Å²) in [6.45, 7) is 1.87. The van der Waals surface area contributed by atoms with E-state index in [1.807, 2.05) is 6.92 Å². The van der Waals surface area contributed by atoms with Crippen LogP contribution in [0, 0.1) is 11.3 Å². The van der Waals surface area contributed by atoms with Crippen molar-refractivity contribution < 1.29 is 9.90 Å². The predicted octanol–water partition coefficient (Wildman–Crippen LogP) is 1.14. The van der Waals surface area contributed by atoms with E-state index in [9.17, 15) is 4.79 Å². The van der Waals surface area contributed by atoms with Crippen molar-refractivity contribution in [3.8, 4) is 0 Å². The molecule has 0 amide bonds. The van der Waals surface area contributed by atoms with Crippen molar-refractivity contribution >= 4 is 12.2 Å². The molecule has 1 atom stereocenters. The van der Waals surface area contributed by atoms with Gasteiger partial charge in [0.2, 0.25) is 0 Å². The first-order valence-corrected chi connectivity index (χ1v) is 2.93. The average Bonchev–Trinajstić information content (AvgIpc) is 1.82. The van der Waals surface area contributed by atoms with Crippen molar-refractivity contribution in [3.63, 3.8) is 0 Å². The van der Waals surface area contributed by atoms with E-state index in [1.54, 1.807) is 0 Å². The quantitative estimate of drug-likeness (QED) is 0.559. The van der Waals surface area contributed by atoms with Crippen molar-refractivity contribution in [2.24, 2.45) is 5.92 Å². The van der Waals surface area contributed by atoms with Gasteiger partial charge in [0, 0.05) is 5.92 Å². The topological polar surface area (TPSA) is 61.2 Å². The molecule has 0 aliphatic carbocycles. The zero-order valence-electron chi connectivity index (χ0n) is 5.42. The van der Waals surface area contributed by atoms with Crippen LogP contribution in [0.5, 0.6) is 0 Å². The molecule has 1 unspecified atom stereocenters. The van der Waals surface area contributed by atoms with E-state index in [-0.39, 0.29) is 12.3 Å². The molecule has 3 nitrogen and oxygen atoms in total. The summed E-state index contributed by atoms with van der Waals surface area (Å²) in [6.07, 6.45) is 2.00. The second-order valence-corrected chi connectivity index (χ2v) is 1.93. The molecule has 52 valence electrons. The number of aliphatic carboxylic acids is 1. The molecule has 0 saturated carbocycles. The van der Waals surface area contributed by atoms with E-state index in [0.29, 0.717) is 0 Å². The van der Waals surface area contributed by atoms with Crippen LogP contribution in [-0.4, -0.2) is 17.3 Å². The van der Waals surface area contributed by atoms with Crippen LogP contribution in [0.25, 0.3) is 0 Å². The lowest BCUT2D eigenvalue weighted by Gasteiger charge is -2.01. The van der Waals surface area contributed by atoms with E-state index in [1.165, 1.54) is 6.21 Å². The lowest BCUT2D eigenvalue weighted by atomic mass is 10.1. The Morgan fingerprint density at radius 2 is 2.44 bits per heavy atom. The summed E-state index contributed by atoms with van der Waals surface area (Å²) < 4.78 is 0. The van der Waals surface area contributed by atoms with Gasteiger partial charge in [0.1, 0.15) is 0 Å². The van der Waals surface area contributed by atoms with Gasteiger partial charge in [-0.3, -0.25) is 4.79 Å². The zero-order chi connectivity index (χ0) is 7.28. The van der Waals surface area contributed by atoms with Crippen LogP contribution >= 0.6 is 0 Å². The highest BCUT2D eigenvalue weighted by atomic mass is 16.4. The normalized spacial score (nSPS) is 12.6. The standard InChI is InChI=1S/C6H11NO2/c1-2-5(4-7)3-6(8)9/h4-5,7H,2-3H2,1H3,(H,8,9). The second kappa shape index (κ2) is 4.06. The molecular formula is C6H11NO2. The average molecular weight is 129 g/mol. The van der Waals surface area contributed by atoms with Crippen molar-refractivity contribution in [2.75, 3.05) is 0 Å². The Morgan fingerprint density at radius 1 is 1.89 bits per heavy atom. The molecule has 0 aliphatic heterocycles. The van der Waals surface area contributed by atoms with Crippen LogP contribution in [0.4, 0.5) is 0 Å². The maximum absolute atomic E-state index is 10.0. The van der Waals surface area contributed by atoms with Crippen LogP contribution in [0.1, 0.15) is 19.8 Å². The number of carboxylic acid groups (broad SMARTS) is 1. The first kappa shape index (κ1) is 8.14. The largest absolute Gasteiger partial charge is 0.481 e. The van der Waals surface area contributed by atoms with Crippen molar-refractivity contribution in [2.45, 2.75) is 19.8 Å². The zero-order valence-corrected chi connectivity index (χ0v) is 5.42. The number of carbonyl (C=O) groups is 1. The highest BCUT2D eigenvalue weighted by molar-refractivity contribution is 5.72. The molecule has 0 bridgehead atoms. The van der Waals surface area contributed by atoms with Gasteiger partial charge in [0.05, 0.1) is 6.42 Å². The molecule has 0 heterocycles. The SMILES string of the molecule is CCC(C=N)CC(=O)O. The van der Waals surface area contributed by atoms with Crippen LogP contribution < -0.4 is 0 Å². The van der Waals surface area contributed by atoms with Crippen LogP contribution in [0.2, 0.25) is 0 Å². The Hall–Kier alpha value is -0.860. The molecule has 0 aliphatic rings. The smallest absolute Gasteiger partial charge is 0.303 e. The first-order valence-electron chi connectivity index (χ1n) is 2.93. The maximum Gasteiger partial charge on any atom is 0.303 e. The summed E-state index contributed by atoms with van der Waals surface area (Å²) in [6, 6.07) is 0. The lowest BCUT2D eigenvalue weighted by molar-refractivity contribution is -0.137. The number of carboxylic acids is 1. The van der Waals surface area contributed by atoms with Gasteiger partial charge in [-0.1, -0.05) is 6.92 Å². The van der Waals surface area contributed by atoms with E-state index < -0.39 is 5.97 Å². The number of hydrogen-bond donors (Lipinski definition) is 2. The molecule has 0 saturated heterocycles. The van der Waals surface area contributed by atoms with Gasteiger partial charge >= 0.3 is 5.97 Å². The predicted molar refractivity (Wildman–Crippen MR) is 34.8 cm³/mol. The monoisotopic (exact) mass is 129 g/mol. The Balaban J connectivity index is 3.55. The van der Waals surface area contributed by atoms with E-state index >= 15 is 0 Å². The summed E-state index contributed by atoms with van der Waals surface area (Å²) >= 11 is 0. The molecule has 0 radical (unpaired) electrons. The molecule has 0 spiro atoms. The fourth-order valence-corrected chi connectivity index (χ4v) is 0.545. The van der Waals surface area contributed by atoms with Gasteiger partial charge in [-0.2, -0.15) is 0 Å². The van der Waals surface area contributed by atoms with Crippen LogP contribution in [0.3, 0.4) is 0 Å². The number of nitrogens with one attached hydrogen (secondary N) is 1. The fourth-order valence-electron chi connectivity index (χ4n) is 0.545. The molecule has 0 aromatic heterocycles. The summed E-state index contributed by atoms with van der Waals surface area (Å²) in [5.41, 5.74) is 0. The highest BCUT2D eigenvalue weighted by Gasteiger charge is 2.06. The highest BCUT2D eigenvalue weighted by Crippen LogP contribution is 2.03. The number of hydrogen-bond acceptors (Lipinski definition) is 2. The van der Waals surface area contributed by atoms with E-state index in [2.05, 4.69) is 0 Å². The van der Waals surface area contributed by atoms with Gasteiger partial charge in [-0.25, -0.2) is 0 Å². The van der Waals surface area contributed by atoms with Gasteiger partial charge in [0.15, 0.2) is 0 Å². The molecule has 0 rings (SSSR count). The maximum atomic E-state index is 10.0. The van der Waals surface area contributed by atoms with Crippen molar-refractivity contribution in [3.05, 3.63) is 0 Å². The minimum Gasteiger partial charge on any atom is -0.481 e. The third-order valence-electron chi connectivity index (χ3n) is 1.20. The van der Waals surface area contributed by atoms with E-state index in [4.69, 9.17) is 10.5 Å². The van der Waals surface area contributed by atoms with Crippen molar-refractivity contribution in [1.29, 1.82) is 5.41 Å². The minimum absolute atomic E-state index is 0.0810. The van der Waals surface area contributed by atoms with Crippen molar-refractivity contribution in [1.82, 2.24) is 0 Å². The third kappa shape index (κ3) is 3.70. The van der Waals surface area contributed by atoms with E-state index in [0.717, 1.165) is 6.42 Å². The summed E-state index contributed by atoms with van der Waals surface area (Å²) in [7, 11) is 0. The molecule has 3 heteroatoms. The van der Waals surface area contributed by atoms with Gasteiger partial charge in [0.25, 0.3) is 0 Å². The molecule has 2 N–H and O–H groups in total. The Morgan fingerprint density at radius 3 is 2.56 bits per heavy atom. The summed E-state index contributed by atoms with van der Waals surface area (Å²) in [4.78, 5) is 10.0. The first-order chi connectivity index (χ1) is 4.20. The number of rotatable bonds is 4. The summed E-state index contributed by atoms with van der Waals surface area (Å²) in [5, 5.41) is 15.0. The molecule has 0 fully saturated rings. The summed E-state index contributed by atoms with van der Waals surface area (Å²) in [5.74, 6) is -0.909. The minimum atomic E-state index is -0.828. The molecule has 0 aromatic carbocycles. The van der Waals surface area contributed by atoms with Gasteiger partial charge < -0.3 is 10.5 Å². The Kier molecular flexibility index (Phi) is 3.67. The second-order valence-electron chi connectivity index (χ2n) is 1.93. The molecule has 9 heavy (non-hydrogen) atoms. The molecule has 0 aromatic rings. The Bertz CT molecular complexity index is 112. The Labute approximate surface area is 54.2 Å². The lowest BCUT2D eigenvalue weighted by Crippen LogP contribution is -2.06. The van der Waals surface area contributed by atoms with Gasteiger partial charge in [-0.05, 0) is 12.6 Å². The van der Waals surface area contributed by atoms with Crippen LogP contribution in [0.15, 0.2) is 0 Å². The third-order valence-corrected chi connectivity index (χ3v) is 1.20. The fraction of sp³-hybridized carbons (Fsp3) is 0.667. The van der Waals surface area contributed by atoms with Crippen LogP contribution in [-0.2, 0) is 4.79 Å². The molecular weight excluding hydrogens is 118 g/mol. The van der Waals surface area contributed by atoms with Gasteiger partial charge in [-0.15, -0.1) is 0 Å².